The molecule has 0 N–H and O–H groups in total. The first-order chi connectivity index (χ1) is 3.72. The maximum atomic E-state index is 4.06. The normalized spacial score (nSPS) is 9.88. The Kier molecular flexibility index (Phi) is 2.13. The highest BCUT2D eigenvalue weighted by molar-refractivity contribution is 14.1. The van der Waals surface area contributed by atoms with E-state index in [1.165, 1.54) is 3.70 Å². The molecule has 1 aromatic heterocycles. The van der Waals surface area contributed by atoms with Gasteiger partial charge in [-0.2, -0.15) is 0 Å². The van der Waals surface area contributed by atoms with Crippen LogP contribution in [0.3, 0.4) is 0 Å². The van der Waals surface area contributed by atoms with Crippen LogP contribution >= 0.6 is 45.2 Å². The van der Waals surface area contributed by atoms with Crippen molar-refractivity contribution < 1.29 is 0 Å². The second-order valence-electron chi connectivity index (χ2n) is 1.44. The van der Waals surface area contributed by atoms with Crippen LogP contribution in [0.1, 0.15) is 0 Å². The molecule has 2 nitrogen and oxygen atoms in total. The fraction of sp³-hybridized carbons (Fsp3) is 0.250. The van der Waals surface area contributed by atoms with Gasteiger partial charge in [0.25, 0.3) is 0 Å². The van der Waals surface area contributed by atoms with Crippen LogP contribution in [0, 0.1) is 7.40 Å². The molecule has 0 aromatic carbocycles. The maximum Gasteiger partial charge on any atom is 0.132 e. The lowest BCUT2D eigenvalue weighted by Crippen LogP contribution is -1.86. The summed E-state index contributed by atoms with van der Waals surface area (Å²) in [7, 11) is 1.98. The first kappa shape index (κ1) is 6.79. The standard InChI is InChI=1S/C4H4I2N2/c1-8-2-7-3(5)4(8)6/h2H,1H3. The first-order valence-corrected chi connectivity index (χ1v) is 4.20. The zero-order valence-corrected chi connectivity index (χ0v) is 8.54. The molecule has 0 radical (unpaired) electrons. The molecule has 0 aliphatic heterocycles. The lowest BCUT2D eigenvalue weighted by atomic mass is 10.9. The summed E-state index contributed by atoms with van der Waals surface area (Å²) in [6.45, 7) is 0. The SMILES string of the molecule is Cn1cnc(I)c1I. The number of aromatic nitrogens is 2. The highest BCUT2D eigenvalue weighted by Crippen LogP contribution is 2.10. The van der Waals surface area contributed by atoms with Crippen LogP contribution in [0.2, 0.25) is 0 Å². The topological polar surface area (TPSA) is 17.8 Å². The van der Waals surface area contributed by atoms with Gasteiger partial charge in [0.1, 0.15) is 7.40 Å². The van der Waals surface area contributed by atoms with Crippen LogP contribution in [0.5, 0.6) is 0 Å². The first-order valence-electron chi connectivity index (χ1n) is 2.04. The van der Waals surface area contributed by atoms with Gasteiger partial charge in [-0.25, -0.2) is 4.98 Å². The fourth-order valence-electron chi connectivity index (χ4n) is 0.387. The van der Waals surface area contributed by atoms with E-state index >= 15 is 0 Å². The molecule has 1 heterocycles. The van der Waals surface area contributed by atoms with Crippen molar-refractivity contribution in [3.05, 3.63) is 13.7 Å². The van der Waals surface area contributed by atoms with Gasteiger partial charge in [0.2, 0.25) is 0 Å². The summed E-state index contributed by atoms with van der Waals surface area (Å²) < 4.78 is 4.26. The van der Waals surface area contributed by atoms with E-state index in [0.717, 1.165) is 3.70 Å². The van der Waals surface area contributed by atoms with Gasteiger partial charge in [-0.05, 0) is 45.2 Å². The minimum atomic E-state index is 1.07. The zero-order chi connectivity index (χ0) is 6.15. The van der Waals surface area contributed by atoms with Crippen molar-refractivity contribution >= 4 is 45.2 Å². The summed E-state index contributed by atoms with van der Waals surface area (Å²) in [5, 5.41) is 0. The number of hydrogen-bond acceptors (Lipinski definition) is 1. The molecule has 1 aromatic rings. The Balaban J connectivity index is 3.19. The number of imidazole rings is 1. The second kappa shape index (κ2) is 2.51. The summed E-state index contributed by atoms with van der Waals surface area (Å²) in [5.41, 5.74) is 0. The van der Waals surface area contributed by atoms with Gasteiger partial charge >= 0.3 is 0 Å². The quantitative estimate of drug-likeness (QED) is 0.660. The Morgan fingerprint density at radius 1 is 1.62 bits per heavy atom. The molecule has 0 fully saturated rings. The number of aryl methyl sites for hydroxylation is 1. The van der Waals surface area contributed by atoms with Gasteiger partial charge in [0, 0.05) is 7.05 Å². The fourth-order valence-corrected chi connectivity index (χ4v) is 1.16. The van der Waals surface area contributed by atoms with E-state index in [4.69, 9.17) is 0 Å². The molecule has 0 saturated heterocycles. The number of hydrogen-bond donors (Lipinski definition) is 0. The van der Waals surface area contributed by atoms with Crippen LogP contribution in [-0.4, -0.2) is 9.55 Å². The molecule has 0 bridgehead atoms. The third kappa shape index (κ3) is 1.15. The second-order valence-corrected chi connectivity index (χ2v) is 3.48. The molecule has 1 rings (SSSR count). The predicted molar refractivity (Wildman–Crippen MR) is 48.6 cm³/mol. The molecule has 44 valence electrons. The van der Waals surface area contributed by atoms with Crippen LogP contribution in [0.25, 0.3) is 0 Å². The Hall–Kier alpha value is 0.670. The molecule has 8 heavy (non-hydrogen) atoms. The van der Waals surface area contributed by atoms with Crippen molar-refractivity contribution in [2.45, 2.75) is 0 Å². The average Bonchev–Trinajstić information content (AvgIpc) is 1.98. The van der Waals surface area contributed by atoms with Crippen molar-refractivity contribution in [2.24, 2.45) is 7.05 Å². The largest absolute Gasteiger partial charge is 0.328 e. The zero-order valence-electron chi connectivity index (χ0n) is 4.23. The van der Waals surface area contributed by atoms with Gasteiger partial charge in [0.05, 0.1) is 6.33 Å². The summed E-state index contributed by atoms with van der Waals surface area (Å²) >= 11 is 4.46. The molecule has 0 spiro atoms. The van der Waals surface area contributed by atoms with Crippen molar-refractivity contribution in [1.82, 2.24) is 9.55 Å². The Bertz CT molecular complexity index is 174. The van der Waals surface area contributed by atoms with E-state index in [0.29, 0.717) is 0 Å². The summed E-state index contributed by atoms with van der Waals surface area (Å²) in [6, 6.07) is 0. The average molecular weight is 334 g/mol. The van der Waals surface area contributed by atoms with Crippen LogP contribution in [-0.2, 0) is 7.05 Å². The number of nitrogens with zero attached hydrogens (tertiary/aromatic N) is 2. The highest BCUT2D eigenvalue weighted by Gasteiger charge is 1.97. The monoisotopic (exact) mass is 334 g/mol. The van der Waals surface area contributed by atoms with E-state index < -0.39 is 0 Å². The van der Waals surface area contributed by atoms with Crippen LogP contribution in [0.15, 0.2) is 6.33 Å². The van der Waals surface area contributed by atoms with Crippen molar-refractivity contribution in [3.8, 4) is 0 Å². The van der Waals surface area contributed by atoms with Gasteiger partial charge in [0.15, 0.2) is 0 Å². The van der Waals surface area contributed by atoms with Gasteiger partial charge in [-0.15, -0.1) is 0 Å². The van der Waals surface area contributed by atoms with Crippen LogP contribution in [0.4, 0.5) is 0 Å². The minimum Gasteiger partial charge on any atom is -0.328 e. The van der Waals surface area contributed by atoms with Gasteiger partial charge in [-0.3, -0.25) is 0 Å². The third-order valence-corrected chi connectivity index (χ3v) is 3.92. The molecular formula is C4H4I2N2. The highest BCUT2D eigenvalue weighted by atomic mass is 127. The van der Waals surface area contributed by atoms with Gasteiger partial charge < -0.3 is 4.57 Å². The minimum absolute atomic E-state index is 1.07. The van der Waals surface area contributed by atoms with Crippen LogP contribution < -0.4 is 0 Å². The Morgan fingerprint density at radius 3 is 2.38 bits per heavy atom. The lowest BCUT2D eigenvalue weighted by molar-refractivity contribution is 0.887. The molecular weight excluding hydrogens is 330 g/mol. The number of rotatable bonds is 0. The van der Waals surface area contributed by atoms with Crippen molar-refractivity contribution in [3.63, 3.8) is 0 Å². The third-order valence-electron chi connectivity index (χ3n) is 0.824. The summed E-state index contributed by atoms with van der Waals surface area (Å²) in [4.78, 5) is 4.06. The van der Waals surface area contributed by atoms with E-state index in [-0.39, 0.29) is 0 Å². The summed E-state index contributed by atoms with van der Waals surface area (Å²) in [6.07, 6.45) is 1.81. The lowest BCUT2D eigenvalue weighted by Gasteiger charge is -1.87. The number of halogens is 2. The predicted octanol–water partition coefficient (Wildman–Crippen LogP) is 1.63. The van der Waals surface area contributed by atoms with E-state index in [1.807, 2.05) is 17.9 Å². The molecule has 0 aliphatic rings. The molecule has 0 saturated carbocycles. The smallest absolute Gasteiger partial charge is 0.132 e. The van der Waals surface area contributed by atoms with Crippen molar-refractivity contribution in [1.29, 1.82) is 0 Å². The molecule has 0 atom stereocenters. The van der Waals surface area contributed by atoms with E-state index in [2.05, 4.69) is 50.2 Å². The Morgan fingerprint density at radius 2 is 2.25 bits per heavy atom. The van der Waals surface area contributed by atoms with Gasteiger partial charge in [-0.1, -0.05) is 0 Å². The van der Waals surface area contributed by atoms with E-state index in [9.17, 15) is 0 Å². The summed E-state index contributed by atoms with van der Waals surface area (Å²) in [5.74, 6) is 0. The molecule has 4 heteroatoms. The maximum absolute atomic E-state index is 4.06. The Labute approximate surface area is 75.0 Å². The van der Waals surface area contributed by atoms with Crippen molar-refractivity contribution in [2.75, 3.05) is 0 Å². The molecule has 0 unspecified atom stereocenters. The van der Waals surface area contributed by atoms with E-state index in [1.54, 1.807) is 0 Å². The molecule has 0 amide bonds. The molecule has 0 aliphatic carbocycles.